The molecule has 0 saturated heterocycles. The number of sulfone groups is 1. The van der Waals surface area contributed by atoms with E-state index in [0.717, 1.165) is 5.56 Å². The molecule has 1 atom stereocenters. The summed E-state index contributed by atoms with van der Waals surface area (Å²) in [5.41, 5.74) is 0.779. The molecule has 1 rings (SSSR count). The number of aliphatic imine (C=N–C) groups is 1. The molecule has 0 bridgehead atoms. The summed E-state index contributed by atoms with van der Waals surface area (Å²) in [5, 5.41) is 6.25. The zero-order chi connectivity index (χ0) is 16.6. The topological polar surface area (TPSA) is 70.6 Å². The van der Waals surface area contributed by atoms with Crippen LogP contribution in [0.2, 0.25) is 0 Å². The molecule has 0 aromatic heterocycles. The van der Waals surface area contributed by atoms with Gasteiger partial charge in [-0.2, -0.15) is 0 Å². The Morgan fingerprint density at radius 1 is 1.41 bits per heavy atom. The van der Waals surface area contributed by atoms with Gasteiger partial charge in [-0.15, -0.1) is 0 Å². The SMILES string of the molecule is CCNC(=NCc1cccc(F)c1)NC(C)CCS(C)(=O)=O. The zero-order valence-corrected chi connectivity index (χ0v) is 14.1. The second-order valence-electron chi connectivity index (χ2n) is 5.29. The van der Waals surface area contributed by atoms with E-state index in [1.54, 1.807) is 6.07 Å². The van der Waals surface area contributed by atoms with Crippen LogP contribution in [0.15, 0.2) is 29.3 Å². The van der Waals surface area contributed by atoms with Gasteiger partial charge in [0.05, 0.1) is 12.3 Å². The molecule has 124 valence electrons. The Labute approximate surface area is 132 Å². The highest BCUT2D eigenvalue weighted by Gasteiger charge is 2.09. The minimum absolute atomic E-state index is 0.0277. The molecule has 0 saturated carbocycles. The minimum Gasteiger partial charge on any atom is -0.357 e. The van der Waals surface area contributed by atoms with Crippen LogP contribution < -0.4 is 10.6 Å². The fourth-order valence-electron chi connectivity index (χ4n) is 1.82. The summed E-state index contributed by atoms with van der Waals surface area (Å²) < 4.78 is 35.5. The van der Waals surface area contributed by atoms with Crippen LogP contribution in [0.3, 0.4) is 0 Å². The largest absolute Gasteiger partial charge is 0.357 e. The molecule has 0 fully saturated rings. The highest BCUT2D eigenvalue weighted by Crippen LogP contribution is 2.04. The maximum absolute atomic E-state index is 13.1. The quantitative estimate of drug-likeness (QED) is 0.590. The molecule has 5 nitrogen and oxygen atoms in total. The third kappa shape index (κ3) is 7.97. The first-order chi connectivity index (χ1) is 10.3. The molecule has 0 aliphatic rings. The van der Waals surface area contributed by atoms with Gasteiger partial charge in [-0.25, -0.2) is 17.8 Å². The highest BCUT2D eigenvalue weighted by atomic mass is 32.2. The third-order valence-electron chi connectivity index (χ3n) is 2.96. The summed E-state index contributed by atoms with van der Waals surface area (Å²) in [4.78, 5) is 4.39. The summed E-state index contributed by atoms with van der Waals surface area (Å²) in [5.74, 6) is 0.435. The molecule has 1 aromatic rings. The molecule has 2 N–H and O–H groups in total. The van der Waals surface area contributed by atoms with Gasteiger partial charge in [-0.05, 0) is 38.0 Å². The van der Waals surface area contributed by atoms with Gasteiger partial charge in [-0.1, -0.05) is 12.1 Å². The van der Waals surface area contributed by atoms with Gasteiger partial charge in [0.1, 0.15) is 15.7 Å². The van der Waals surface area contributed by atoms with Crippen molar-refractivity contribution in [1.29, 1.82) is 0 Å². The molecule has 0 radical (unpaired) electrons. The number of nitrogens with zero attached hydrogens (tertiary/aromatic N) is 1. The number of hydrogen-bond acceptors (Lipinski definition) is 3. The van der Waals surface area contributed by atoms with Crippen molar-refractivity contribution in [2.45, 2.75) is 32.9 Å². The van der Waals surface area contributed by atoms with Crippen LogP contribution in [0.5, 0.6) is 0 Å². The number of nitrogens with one attached hydrogen (secondary N) is 2. The van der Waals surface area contributed by atoms with E-state index < -0.39 is 9.84 Å². The molecule has 1 aromatic carbocycles. The van der Waals surface area contributed by atoms with Gasteiger partial charge in [0.25, 0.3) is 0 Å². The minimum atomic E-state index is -2.97. The first kappa shape index (κ1) is 18.4. The van der Waals surface area contributed by atoms with Gasteiger partial charge in [0, 0.05) is 18.8 Å². The van der Waals surface area contributed by atoms with Crippen molar-refractivity contribution in [3.05, 3.63) is 35.6 Å². The van der Waals surface area contributed by atoms with Gasteiger partial charge in [0.15, 0.2) is 5.96 Å². The second kappa shape index (κ2) is 8.73. The van der Waals surface area contributed by atoms with E-state index in [9.17, 15) is 12.8 Å². The zero-order valence-electron chi connectivity index (χ0n) is 13.3. The Morgan fingerprint density at radius 3 is 2.73 bits per heavy atom. The fraction of sp³-hybridized carbons (Fsp3) is 0.533. The third-order valence-corrected chi connectivity index (χ3v) is 3.94. The average Bonchev–Trinajstić information content (AvgIpc) is 2.42. The molecule has 22 heavy (non-hydrogen) atoms. The van der Waals surface area contributed by atoms with E-state index in [0.29, 0.717) is 25.5 Å². The summed E-state index contributed by atoms with van der Waals surface area (Å²) >= 11 is 0. The number of rotatable bonds is 7. The van der Waals surface area contributed by atoms with Gasteiger partial charge < -0.3 is 10.6 Å². The van der Waals surface area contributed by atoms with E-state index in [2.05, 4.69) is 15.6 Å². The van der Waals surface area contributed by atoms with Crippen molar-refractivity contribution in [2.24, 2.45) is 4.99 Å². The van der Waals surface area contributed by atoms with Crippen molar-refractivity contribution in [3.63, 3.8) is 0 Å². The second-order valence-corrected chi connectivity index (χ2v) is 7.55. The predicted molar refractivity (Wildman–Crippen MR) is 88.1 cm³/mol. The molecule has 0 spiro atoms. The lowest BCUT2D eigenvalue weighted by molar-refractivity contribution is 0.581. The lowest BCUT2D eigenvalue weighted by atomic mass is 10.2. The summed E-state index contributed by atoms with van der Waals surface area (Å²) in [7, 11) is -2.97. The van der Waals surface area contributed by atoms with Crippen molar-refractivity contribution in [3.8, 4) is 0 Å². The normalized spacial score (nSPS) is 13.7. The van der Waals surface area contributed by atoms with Crippen LogP contribution in [0, 0.1) is 5.82 Å². The molecular formula is C15H24FN3O2S. The van der Waals surface area contributed by atoms with Crippen LogP contribution in [0.1, 0.15) is 25.8 Å². The first-order valence-corrected chi connectivity index (χ1v) is 9.33. The van der Waals surface area contributed by atoms with Crippen LogP contribution in [0.4, 0.5) is 4.39 Å². The fourth-order valence-corrected chi connectivity index (χ4v) is 2.60. The maximum Gasteiger partial charge on any atom is 0.191 e. The van der Waals surface area contributed by atoms with E-state index in [-0.39, 0.29) is 17.6 Å². The molecule has 1 unspecified atom stereocenters. The maximum atomic E-state index is 13.1. The first-order valence-electron chi connectivity index (χ1n) is 7.27. The summed E-state index contributed by atoms with van der Waals surface area (Å²) in [6.45, 7) is 4.89. The average molecular weight is 329 g/mol. The van der Waals surface area contributed by atoms with Gasteiger partial charge >= 0.3 is 0 Å². The van der Waals surface area contributed by atoms with Crippen molar-refractivity contribution < 1.29 is 12.8 Å². The number of hydrogen-bond donors (Lipinski definition) is 2. The molecule has 0 aliphatic carbocycles. The highest BCUT2D eigenvalue weighted by molar-refractivity contribution is 7.90. The van der Waals surface area contributed by atoms with Crippen LogP contribution in [0.25, 0.3) is 0 Å². The summed E-state index contributed by atoms with van der Waals surface area (Å²) in [6, 6.07) is 6.27. The predicted octanol–water partition coefficient (Wildman–Crippen LogP) is 1.70. The lowest BCUT2D eigenvalue weighted by Crippen LogP contribution is -2.42. The number of benzene rings is 1. The monoisotopic (exact) mass is 329 g/mol. The van der Waals surface area contributed by atoms with E-state index >= 15 is 0 Å². The van der Waals surface area contributed by atoms with Crippen LogP contribution >= 0.6 is 0 Å². The lowest BCUT2D eigenvalue weighted by Gasteiger charge is -2.17. The molecule has 0 aliphatic heterocycles. The Balaban J connectivity index is 2.62. The Hall–Kier alpha value is -1.63. The summed E-state index contributed by atoms with van der Waals surface area (Å²) in [6.07, 6.45) is 1.73. The van der Waals surface area contributed by atoms with Crippen molar-refractivity contribution in [2.75, 3.05) is 18.6 Å². The van der Waals surface area contributed by atoms with Crippen LogP contribution in [-0.2, 0) is 16.4 Å². The number of halogens is 1. The Kier molecular flexibility index (Phi) is 7.31. The van der Waals surface area contributed by atoms with E-state index in [1.807, 2.05) is 19.9 Å². The van der Waals surface area contributed by atoms with Gasteiger partial charge in [0.2, 0.25) is 0 Å². The molecule has 7 heteroatoms. The Bertz CT molecular complexity index is 603. The molecule has 0 amide bonds. The van der Waals surface area contributed by atoms with E-state index in [1.165, 1.54) is 18.4 Å². The van der Waals surface area contributed by atoms with Crippen molar-refractivity contribution >= 4 is 15.8 Å². The molecule has 0 heterocycles. The smallest absolute Gasteiger partial charge is 0.191 e. The van der Waals surface area contributed by atoms with Gasteiger partial charge in [-0.3, -0.25) is 0 Å². The Morgan fingerprint density at radius 2 is 2.14 bits per heavy atom. The van der Waals surface area contributed by atoms with Crippen molar-refractivity contribution in [1.82, 2.24) is 10.6 Å². The van der Waals surface area contributed by atoms with Crippen LogP contribution in [-0.4, -0.2) is 39.0 Å². The van der Waals surface area contributed by atoms with E-state index in [4.69, 9.17) is 0 Å². The standard InChI is InChI=1S/C15H24FN3O2S/c1-4-17-15(19-12(2)8-9-22(3,20)21)18-11-13-6-5-7-14(16)10-13/h5-7,10,12H,4,8-9,11H2,1-3H3,(H2,17,18,19). The number of guanidine groups is 1. The molecular weight excluding hydrogens is 305 g/mol.